The quantitative estimate of drug-likeness (QED) is 0.245. The van der Waals surface area contributed by atoms with Gasteiger partial charge in [-0.1, -0.05) is 0 Å². The second kappa shape index (κ2) is 10.3. The first kappa shape index (κ1) is 28.6. The van der Waals surface area contributed by atoms with Crippen LogP contribution in [0.1, 0.15) is 52.0 Å². The molecule has 0 spiro atoms. The Bertz CT molecular complexity index is 2090. The van der Waals surface area contributed by atoms with Crippen LogP contribution in [0.2, 0.25) is 0 Å². The van der Waals surface area contributed by atoms with E-state index in [9.17, 15) is 14.7 Å². The van der Waals surface area contributed by atoms with E-state index in [0.717, 1.165) is 65.9 Å². The van der Waals surface area contributed by atoms with Crippen LogP contribution in [0, 0.1) is 18.8 Å². The highest BCUT2D eigenvalue weighted by atomic mass is 16.5. The molecule has 4 heterocycles. The van der Waals surface area contributed by atoms with Gasteiger partial charge in [-0.2, -0.15) is 0 Å². The SMILES string of the molecule is COc1cc(C(=O)N2CC3CCC2[C@@H]3N)cc2nc(-c3cc4ccc(-c5ccc(O)c(C(N)=O)c5C)nc4n3CC3CC3)n(C)c12. The summed E-state index contributed by atoms with van der Waals surface area (Å²) in [6.07, 6.45) is 4.34. The van der Waals surface area contributed by atoms with Crippen LogP contribution in [0.5, 0.6) is 11.5 Å². The number of piperidine rings is 1. The van der Waals surface area contributed by atoms with Crippen molar-refractivity contribution >= 4 is 33.9 Å². The van der Waals surface area contributed by atoms with Crippen LogP contribution in [0.15, 0.2) is 42.5 Å². The Morgan fingerprint density at radius 1 is 1.07 bits per heavy atom. The van der Waals surface area contributed by atoms with Gasteiger partial charge < -0.3 is 35.3 Å². The molecule has 2 aliphatic carbocycles. The van der Waals surface area contributed by atoms with E-state index >= 15 is 0 Å². The number of aryl methyl sites for hydroxylation is 1. The fourth-order valence-electron chi connectivity index (χ4n) is 7.76. The summed E-state index contributed by atoms with van der Waals surface area (Å²) in [6.45, 7) is 3.25. The molecule has 5 N–H and O–H groups in total. The topological polar surface area (TPSA) is 155 Å². The minimum atomic E-state index is -0.685. The highest BCUT2D eigenvalue weighted by Gasteiger charge is 2.47. The molecular weight excluding hydrogens is 582 g/mol. The maximum absolute atomic E-state index is 13.7. The van der Waals surface area contributed by atoms with Gasteiger partial charge in [0, 0.05) is 48.7 Å². The number of methoxy groups -OCH3 is 1. The number of carbonyl (C=O) groups excluding carboxylic acids is 2. The first-order chi connectivity index (χ1) is 22.1. The highest BCUT2D eigenvalue weighted by Crippen LogP contribution is 2.41. The standard InChI is InChI=1S/C35H37N7O4/c1-17-22(8-11-27(43)29(17)32(37)44)23-9-6-19-13-26(41(33(19)38-23)15-18-4-5-18)34-39-24-12-21(14-28(46-3)31(24)40(34)2)35(45)42-16-20-7-10-25(42)30(20)36/h6,8-9,11-14,18,20,25,30,43H,4-5,7,10,15-16,36H2,1-3H3,(H2,37,44)/t20?,25?,30-/m1/s1. The fourth-order valence-corrected chi connectivity index (χ4v) is 7.76. The molecule has 3 aliphatic rings. The van der Waals surface area contributed by atoms with Crippen molar-refractivity contribution in [3.05, 3.63) is 59.2 Å². The molecule has 2 unspecified atom stereocenters. The first-order valence-corrected chi connectivity index (χ1v) is 15.9. The minimum Gasteiger partial charge on any atom is -0.507 e. The van der Waals surface area contributed by atoms with Crippen LogP contribution >= 0.6 is 0 Å². The van der Waals surface area contributed by atoms with E-state index in [1.165, 1.54) is 6.07 Å². The lowest BCUT2D eigenvalue weighted by molar-refractivity contribution is 0.0700. The van der Waals surface area contributed by atoms with E-state index in [1.54, 1.807) is 20.1 Å². The molecule has 3 fully saturated rings. The molecule has 11 heteroatoms. The van der Waals surface area contributed by atoms with Crippen LogP contribution in [-0.4, -0.2) is 66.7 Å². The second-order valence-corrected chi connectivity index (χ2v) is 13.2. The van der Waals surface area contributed by atoms with Crippen LogP contribution in [-0.2, 0) is 13.6 Å². The van der Waals surface area contributed by atoms with Crippen molar-refractivity contribution in [1.82, 2.24) is 24.0 Å². The lowest BCUT2D eigenvalue weighted by Gasteiger charge is -2.27. The van der Waals surface area contributed by atoms with E-state index < -0.39 is 5.91 Å². The summed E-state index contributed by atoms with van der Waals surface area (Å²) in [5, 5.41) is 11.2. The van der Waals surface area contributed by atoms with Crippen molar-refractivity contribution < 1.29 is 19.4 Å². The van der Waals surface area contributed by atoms with Crippen LogP contribution < -0.4 is 16.2 Å². The Kier molecular flexibility index (Phi) is 6.40. The number of primary amides is 1. The van der Waals surface area contributed by atoms with Gasteiger partial charge in [0.05, 0.1) is 29.6 Å². The Morgan fingerprint density at radius 2 is 1.87 bits per heavy atom. The number of carbonyl (C=O) groups is 2. The summed E-state index contributed by atoms with van der Waals surface area (Å²) in [5.74, 6) is 1.40. The molecule has 46 heavy (non-hydrogen) atoms. The van der Waals surface area contributed by atoms with Crippen molar-refractivity contribution in [2.24, 2.45) is 30.4 Å². The number of aromatic hydroxyl groups is 1. The van der Waals surface area contributed by atoms with Crippen LogP contribution in [0.3, 0.4) is 0 Å². The van der Waals surface area contributed by atoms with E-state index in [4.69, 9.17) is 26.2 Å². The number of ether oxygens (including phenoxy) is 1. The largest absolute Gasteiger partial charge is 0.507 e. The molecule has 3 aromatic heterocycles. The monoisotopic (exact) mass is 619 g/mol. The van der Waals surface area contributed by atoms with Gasteiger partial charge in [-0.25, -0.2) is 9.97 Å². The number of rotatable bonds is 7. The predicted molar refractivity (Wildman–Crippen MR) is 175 cm³/mol. The maximum Gasteiger partial charge on any atom is 0.254 e. The lowest BCUT2D eigenvalue weighted by atomic mass is 9.98. The number of phenols is 1. The van der Waals surface area contributed by atoms with Crippen LogP contribution in [0.25, 0.3) is 44.8 Å². The highest BCUT2D eigenvalue weighted by molar-refractivity contribution is 6.01. The molecule has 5 aromatic rings. The second-order valence-electron chi connectivity index (χ2n) is 13.2. The molecule has 1 aliphatic heterocycles. The molecule has 2 aromatic carbocycles. The zero-order valence-electron chi connectivity index (χ0n) is 26.2. The number of hydrogen-bond acceptors (Lipinski definition) is 7. The van der Waals surface area contributed by atoms with E-state index in [0.29, 0.717) is 46.5 Å². The summed E-state index contributed by atoms with van der Waals surface area (Å²) in [7, 11) is 3.59. The van der Waals surface area contributed by atoms with Gasteiger partial charge in [-0.15, -0.1) is 0 Å². The lowest BCUT2D eigenvalue weighted by Crippen LogP contribution is -2.41. The van der Waals surface area contributed by atoms with Crippen molar-refractivity contribution in [2.45, 2.75) is 51.2 Å². The third-order valence-corrected chi connectivity index (χ3v) is 10.4. The van der Waals surface area contributed by atoms with Gasteiger partial charge >= 0.3 is 0 Å². The summed E-state index contributed by atoms with van der Waals surface area (Å²) < 4.78 is 10.1. The van der Waals surface area contributed by atoms with Gasteiger partial charge in [0.25, 0.3) is 11.8 Å². The number of benzene rings is 2. The number of amides is 2. The molecule has 3 atom stereocenters. The Morgan fingerprint density at radius 3 is 2.54 bits per heavy atom. The Hall–Kier alpha value is -4.90. The van der Waals surface area contributed by atoms with E-state index in [-0.39, 0.29) is 29.3 Å². The summed E-state index contributed by atoms with van der Waals surface area (Å²) in [5.41, 5.74) is 17.9. The third kappa shape index (κ3) is 4.28. The molecular formula is C35H37N7O4. The van der Waals surface area contributed by atoms with Crippen molar-refractivity contribution in [3.63, 3.8) is 0 Å². The van der Waals surface area contributed by atoms with Gasteiger partial charge in [-0.3, -0.25) is 9.59 Å². The molecule has 236 valence electrons. The van der Waals surface area contributed by atoms with E-state index in [2.05, 4.69) is 10.6 Å². The molecule has 2 saturated carbocycles. The first-order valence-electron chi connectivity index (χ1n) is 15.9. The molecule has 8 rings (SSSR count). The smallest absolute Gasteiger partial charge is 0.254 e. The van der Waals surface area contributed by atoms with Gasteiger partial charge in [0.1, 0.15) is 22.7 Å². The maximum atomic E-state index is 13.7. The Labute approximate surface area is 265 Å². The number of pyridine rings is 1. The number of likely N-dealkylation sites (tertiary alicyclic amines) is 1. The molecule has 2 amide bonds. The third-order valence-electron chi connectivity index (χ3n) is 10.4. The molecule has 0 radical (unpaired) electrons. The molecule has 1 saturated heterocycles. The zero-order chi connectivity index (χ0) is 32.0. The predicted octanol–water partition coefficient (Wildman–Crippen LogP) is 4.35. The fraction of sp³-hybridized carbons (Fsp3) is 0.371. The number of aromatic nitrogens is 4. The average molecular weight is 620 g/mol. The zero-order valence-corrected chi connectivity index (χ0v) is 26.2. The van der Waals surface area contributed by atoms with E-state index in [1.807, 2.05) is 40.8 Å². The minimum absolute atomic E-state index is 0.0290. The van der Waals surface area contributed by atoms with Crippen molar-refractivity contribution in [1.29, 1.82) is 0 Å². The summed E-state index contributed by atoms with van der Waals surface area (Å²) in [4.78, 5) is 38.0. The summed E-state index contributed by atoms with van der Waals surface area (Å²) in [6, 6.07) is 13.1. The number of fused-ring (bicyclic) bond motifs is 4. The van der Waals surface area contributed by atoms with Crippen LogP contribution in [0.4, 0.5) is 0 Å². The number of hydrogen-bond donors (Lipinski definition) is 3. The normalized spacial score (nSPS) is 20.7. The van der Waals surface area contributed by atoms with Gasteiger partial charge in [-0.05, 0) is 92.5 Å². The molecule has 11 nitrogen and oxygen atoms in total. The van der Waals surface area contributed by atoms with Crippen molar-refractivity contribution in [3.8, 4) is 34.3 Å². The number of nitrogens with zero attached hydrogens (tertiary/aromatic N) is 5. The van der Waals surface area contributed by atoms with Crippen molar-refractivity contribution in [2.75, 3.05) is 13.7 Å². The number of imidazole rings is 1. The average Bonchev–Trinajstić information content (AvgIpc) is 3.44. The molecule has 2 bridgehead atoms. The van der Waals surface area contributed by atoms with Gasteiger partial charge in [0.2, 0.25) is 0 Å². The Balaban J connectivity index is 1.25. The van der Waals surface area contributed by atoms with Gasteiger partial charge in [0.15, 0.2) is 5.82 Å². The number of nitrogens with two attached hydrogens (primary N) is 2. The summed E-state index contributed by atoms with van der Waals surface area (Å²) >= 11 is 0.